The van der Waals surface area contributed by atoms with Crippen molar-refractivity contribution in [1.82, 2.24) is 10.2 Å². The zero-order chi connectivity index (χ0) is 23.8. The molecule has 1 saturated carbocycles. The lowest BCUT2D eigenvalue weighted by molar-refractivity contribution is -0.140. The van der Waals surface area contributed by atoms with Crippen LogP contribution in [0.3, 0.4) is 0 Å². The number of hydrogen-bond donors (Lipinski definition) is 1. The van der Waals surface area contributed by atoms with Crippen molar-refractivity contribution >= 4 is 23.4 Å². The van der Waals surface area contributed by atoms with Gasteiger partial charge in [-0.1, -0.05) is 43.3 Å². The van der Waals surface area contributed by atoms with E-state index in [1.54, 1.807) is 37.3 Å². The first-order valence-electron chi connectivity index (χ1n) is 11.4. The highest BCUT2D eigenvalue weighted by molar-refractivity contribution is 6.27. The number of halogens is 1. The Balaban J connectivity index is 1.98. The van der Waals surface area contributed by atoms with Crippen LogP contribution in [0.4, 0.5) is 0 Å². The second kappa shape index (κ2) is 11.9. The van der Waals surface area contributed by atoms with Crippen LogP contribution in [0.2, 0.25) is 0 Å². The van der Waals surface area contributed by atoms with E-state index < -0.39 is 6.04 Å². The van der Waals surface area contributed by atoms with Crippen LogP contribution in [-0.4, -0.2) is 42.9 Å². The number of methoxy groups -OCH3 is 2. The minimum atomic E-state index is -0.851. The quantitative estimate of drug-likeness (QED) is 0.537. The SMILES string of the molecule is COc1ccc(C(C(=O)NC2CCC(C)CC2)N(Cc2ccccc2)C(=O)CCl)cc1OC. The summed E-state index contributed by atoms with van der Waals surface area (Å²) in [4.78, 5) is 28.2. The molecule has 1 aliphatic rings. The second-order valence-electron chi connectivity index (χ2n) is 8.62. The Morgan fingerprint density at radius 1 is 1.03 bits per heavy atom. The molecule has 0 bridgehead atoms. The molecular weight excluding hydrogens is 440 g/mol. The van der Waals surface area contributed by atoms with Crippen molar-refractivity contribution in [3.8, 4) is 11.5 Å². The first-order chi connectivity index (χ1) is 16.0. The number of hydrogen-bond acceptors (Lipinski definition) is 4. The first kappa shape index (κ1) is 24.9. The lowest BCUT2D eigenvalue weighted by Crippen LogP contribution is -2.47. The molecule has 0 aliphatic heterocycles. The fourth-order valence-electron chi connectivity index (χ4n) is 4.36. The molecule has 1 unspecified atom stereocenters. The molecule has 6 nitrogen and oxygen atoms in total. The minimum absolute atomic E-state index is 0.0982. The fraction of sp³-hybridized carbons (Fsp3) is 0.462. The minimum Gasteiger partial charge on any atom is -0.493 e. The Hall–Kier alpha value is -2.73. The molecule has 7 heteroatoms. The molecule has 3 rings (SSSR count). The van der Waals surface area contributed by atoms with Crippen molar-refractivity contribution in [2.45, 2.75) is 51.2 Å². The molecule has 0 heterocycles. The Morgan fingerprint density at radius 3 is 2.30 bits per heavy atom. The molecule has 1 aliphatic carbocycles. The van der Waals surface area contributed by atoms with Gasteiger partial charge in [0.05, 0.1) is 14.2 Å². The van der Waals surface area contributed by atoms with Crippen LogP contribution < -0.4 is 14.8 Å². The van der Waals surface area contributed by atoms with Gasteiger partial charge in [-0.2, -0.15) is 0 Å². The third-order valence-electron chi connectivity index (χ3n) is 6.28. The lowest BCUT2D eigenvalue weighted by Gasteiger charge is -2.34. The van der Waals surface area contributed by atoms with E-state index in [9.17, 15) is 9.59 Å². The Labute approximate surface area is 201 Å². The molecule has 33 heavy (non-hydrogen) atoms. The Bertz CT molecular complexity index is 929. The number of benzene rings is 2. The number of carbonyl (C=O) groups is 2. The lowest BCUT2D eigenvalue weighted by atomic mass is 9.87. The van der Waals surface area contributed by atoms with Crippen LogP contribution in [0.5, 0.6) is 11.5 Å². The van der Waals surface area contributed by atoms with Crippen molar-refractivity contribution in [1.29, 1.82) is 0 Å². The van der Waals surface area contributed by atoms with Gasteiger partial charge in [-0.15, -0.1) is 11.6 Å². The molecule has 1 fully saturated rings. The van der Waals surface area contributed by atoms with Crippen LogP contribution in [0.1, 0.15) is 49.8 Å². The van der Waals surface area contributed by atoms with Crippen molar-refractivity contribution in [3.63, 3.8) is 0 Å². The zero-order valence-corrected chi connectivity index (χ0v) is 20.3. The van der Waals surface area contributed by atoms with Crippen molar-refractivity contribution in [2.24, 2.45) is 5.92 Å². The van der Waals surface area contributed by atoms with Gasteiger partial charge >= 0.3 is 0 Å². The molecule has 0 saturated heterocycles. The number of amides is 2. The normalized spacial score (nSPS) is 18.8. The van der Waals surface area contributed by atoms with Gasteiger partial charge in [0.25, 0.3) is 0 Å². The van der Waals surface area contributed by atoms with E-state index in [-0.39, 0.29) is 30.3 Å². The van der Waals surface area contributed by atoms with Crippen molar-refractivity contribution in [3.05, 3.63) is 59.7 Å². The van der Waals surface area contributed by atoms with Crippen molar-refractivity contribution < 1.29 is 19.1 Å². The summed E-state index contributed by atoms with van der Waals surface area (Å²) < 4.78 is 10.8. The topological polar surface area (TPSA) is 67.9 Å². The standard InChI is InChI=1S/C26H33ClN2O4/c1-18-9-12-21(13-10-18)28-26(31)25(20-11-14-22(32-2)23(15-20)33-3)29(24(30)16-27)17-19-7-5-4-6-8-19/h4-8,11,14-15,18,21,25H,9-10,12-13,16-17H2,1-3H3,(H,28,31). The van der Waals surface area contributed by atoms with E-state index in [0.29, 0.717) is 23.0 Å². The van der Waals surface area contributed by atoms with E-state index in [4.69, 9.17) is 21.1 Å². The van der Waals surface area contributed by atoms with Crippen LogP contribution in [-0.2, 0) is 16.1 Å². The summed E-state index contributed by atoms with van der Waals surface area (Å²) in [5.74, 6) is 0.985. The number of ether oxygens (including phenoxy) is 2. The molecule has 2 amide bonds. The summed E-state index contributed by atoms with van der Waals surface area (Å²) in [5.41, 5.74) is 1.56. The summed E-state index contributed by atoms with van der Waals surface area (Å²) >= 11 is 6.00. The maximum atomic E-state index is 13.7. The third-order valence-corrected chi connectivity index (χ3v) is 6.50. The van der Waals surface area contributed by atoms with Gasteiger partial charge < -0.3 is 19.7 Å². The molecule has 0 spiro atoms. The number of nitrogens with one attached hydrogen (secondary N) is 1. The second-order valence-corrected chi connectivity index (χ2v) is 8.89. The zero-order valence-electron chi connectivity index (χ0n) is 19.6. The van der Waals surface area contributed by atoms with Gasteiger partial charge in [0.1, 0.15) is 11.9 Å². The largest absolute Gasteiger partial charge is 0.493 e. The van der Waals surface area contributed by atoms with E-state index in [1.807, 2.05) is 30.3 Å². The Kier molecular flexibility index (Phi) is 9.01. The van der Waals surface area contributed by atoms with E-state index in [1.165, 1.54) is 0 Å². The molecular formula is C26H33ClN2O4. The summed E-state index contributed by atoms with van der Waals surface area (Å²) in [5, 5.41) is 3.20. The molecule has 1 N–H and O–H groups in total. The maximum absolute atomic E-state index is 13.7. The smallest absolute Gasteiger partial charge is 0.247 e. The fourth-order valence-corrected chi connectivity index (χ4v) is 4.51. The molecule has 2 aromatic carbocycles. The highest BCUT2D eigenvalue weighted by atomic mass is 35.5. The average molecular weight is 473 g/mol. The average Bonchev–Trinajstić information content (AvgIpc) is 2.85. The summed E-state index contributed by atoms with van der Waals surface area (Å²) in [6.45, 7) is 2.51. The van der Waals surface area contributed by atoms with E-state index in [0.717, 1.165) is 31.2 Å². The van der Waals surface area contributed by atoms with Gasteiger partial charge in [0.2, 0.25) is 11.8 Å². The maximum Gasteiger partial charge on any atom is 0.247 e. The highest BCUT2D eigenvalue weighted by Gasteiger charge is 2.33. The van der Waals surface area contributed by atoms with Gasteiger partial charge in [-0.25, -0.2) is 0 Å². The van der Waals surface area contributed by atoms with Crippen LogP contribution in [0.25, 0.3) is 0 Å². The Morgan fingerprint density at radius 2 is 1.70 bits per heavy atom. The van der Waals surface area contributed by atoms with Gasteiger partial charge in [-0.05, 0) is 54.9 Å². The van der Waals surface area contributed by atoms with E-state index in [2.05, 4.69) is 12.2 Å². The number of rotatable bonds is 9. The third kappa shape index (κ3) is 6.41. The first-order valence-corrected chi connectivity index (χ1v) is 11.9. The summed E-state index contributed by atoms with van der Waals surface area (Å²) in [6, 6.07) is 14.2. The summed E-state index contributed by atoms with van der Waals surface area (Å²) in [7, 11) is 3.11. The van der Waals surface area contributed by atoms with Gasteiger partial charge in [0, 0.05) is 12.6 Å². The number of nitrogens with zero attached hydrogens (tertiary/aromatic N) is 1. The highest BCUT2D eigenvalue weighted by Crippen LogP contribution is 2.33. The van der Waals surface area contributed by atoms with E-state index >= 15 is 0 Å². The van der Waals surface area contributed by atoms with Crippen LogP contribution in [0.15, 0.2) is 48.5 Å². The number of carbonyl (C=O) groups excluding carboxylic acids is 2. The van der Waals surface area contributed by atoms with Crippen molar-refractivity contribution in [2.75, 3.05) is 20.1 Å². The monoisotopic (exact) mass is 472 g/mol. The molecule has 0 aromatic heterocycles. The number of alkyl halides is 1. The van der Waals surface area contributed by atoms with Gasteiger partial charge in [0.15, 0.2) is 11.5 Å². The molecule has 178 valence electrons. The predicted molar refractivity (Wildman–Crippen MR) is 130 cm³/mol. The van der Waals surface area contributed by atoms with Crippen LogP contribution in [0, 0.1) is 5.92 Å². The predicted octanol–water partition coefficient (Wildman–Crippen LogP) is 4.71. The summed E-state index contributed by atoms with van der Waals surface area (Å²) in [6.07, 6.45) is 4.04. The molecule has 1 atom stereocenters. The molecule has 2 aromatic rings. The molecule has 0 radical (unpaired) electrons. The van der Waals surface area contributed by atoms with Gasteiger partial charge in [-0.3, -0.25) is 9.59 Å². The van der Waals surface area contributed by atoms with Crippen LogP contribution >= 0.6 is 11.6 Å².